The summed E-state index contributed by atoms with van der Waals surface area (Å²) in [4.78, 5) is 20.8. The Hall–Kier alpha value is -2.85. The number of benzene rings is 1. The van der Waals surface area contributed by atoms with E-state index < -0.39 is 11.7 Å². The van der Waals surface area contributed by atoms with Crippen molar-refractivity contribution < 1.29 is 23.1 Å². The summed E-state index contributed by atoms with van der Waals surface area (Å²) < 4.78 is 30.2. The van der Waals surface area contributed by atoms with Crippen molar-refractivity contribution in [1.82, 2.24) is 25.5 Å². The van der Waals surface area contributed by atoms with Gasteiger partial charge in [0.25, 0.3) is 5.91 Å². The molecule has 0 aliphatic carbocycles. The number of fused-ring (bicyclic) bond motifs is 1. The van der Waals surface area contributed by atoms with Crippen molar-refractivity contribution in [3.05, 3.63) is 40.8 Å². The van der Waals surface area contributed by atoms with Gasteiger partial charge in [0.15, 0.2) is 0 Å². The highest BCUT2D eigenvalue weighted by Gasteiger charge is 2.28. The number of rotatable bonds is 6. The predicted octanol–water partition coefficient (Wildman–Crippen LogP) is 3.24. The molecule has 1 aliphatic heterocycles. The van der Waals surface area contributed by atoms with E-state index in [1.807, 2.05) is 6.92 Å². The van der Waals surface area contributed by atoms with Gasteiger partial charge in [-0.2, -0.15) is 0 Å². The van der Waals surface area contributed by atoms with Crippen LogP contribution in [-0.2, 0) is 4.74 Å². The molecule has 3 aromatic rings. The van der Waals surface area contributed by atoms with Gasteiger partial charge in [-0.1, -0.05) is 23.6 Å². The molecule has 4 rings (SSSR count). The summed E-state index contributed by atoms with van der Waals surface area (Å²) in [5.41, 5.74) is 0.742. The molecule has 1 fully saturated rings. The van der Waals surface area contributed by atoms with Gasteiger partial charge in [-0.25, -0.2) is 9.37 Å². The van der Waals surface area contributed by atoms with E-state index >= 15 is 0 Å². The zero-order valence-electron chi connectivity index (χ0n) is 16.1. The molecule has 0 spiro atoms. The van der Waals surface area contributed by atoms with Gasteiger partial charge in [-0.3, -0.25) is 9.78 Å². The predicted molar refractivity (Wildman–Crippen MR) is 104 cm³/mol. The molecule has 3 heterocycles. The number of aromatic nitrogens is 4. The van der Waals surface area contributed by atoms with Crippen LogP contribution in [0.4, 0.5) is 4.39 Å². The minimum absolute atomic E-state index is 0.0480. The van der Waals surface area contributed by atoms with Crippen LogP contribution in [0.25, 0.3) is 11.0 Å². The summed E-state index contributed by atoms with van der Waals surface area (Å²) in [5, 5.41) is 10.6. The molecule has 1 saturated heterocycles. The van der Waals surface area contributed by atoms with Crippen LogP contribution < -0.4 is 10.1 Å². The van der Waals surface area contributed by atoms with Gasteiger partial charge < -0.3 is 19.2 Å². The number of nitrogens with zero attached hydrogens (tertiary/aromatic N) is 4. The van der Waals surface area contributed by atoms with E-state index in [1.54, 1.807) is 0 Å². The maximum absolute atomic E-state index is 13.7. The van der Waals surface area contributed by atoms with Crippen LogP contribution in [0.3, 0.4) is 0 Å². The lowest BCUT2D eigenvalue weighted by Crippen LogP contribution is -2.41. The van der Waals surface area contributed by atoms with Gasteiger partial charge in [-0.05, 0) is 25.3 Å². The lowest BCUT2D eigenvalue weighted by Gasteiger charge is -2.27. The smallest absolute Gasteiger partial charge is 0.414 e. The lowest BCUT2D eigenvalue weighted by molar-refractivity contribution is -0.0190. The number of halogens is 2. The van der Waals surface area contributed by atoms with Crippen LogP contribution in [0.5, 0.6) is 6.08 Å². The lowest BCUT2D eigenvalue weighted by atomic mass is 10.0. The molecule has 11 heteroatoms. The van der Waals surface area contributed by atoms with Crippen LogP contribution >= 0.6 is 11.6 Å². The third-order valence-electron chi connectivity index (χ3n) is 4.56. The van der Waals surface area contributed by atoms with E-state index in [9.17, 15) is 9.18 Å². The topological polar surface area (TPSA) is 112 Å². The summed E-state index contributed by atoms with van der Waals surface area (Å²) in [7, 11) is 0. The number of carbonyl (C=O) groups is 1. The second kappa shape index (κ2) is 8.88. The number of nitrogens with one attached hydrogen (secondary N) is 1. The van der Waals surface area contributed by atoms with E-state index in [2.05, 4.69) is 25.5 Å². The molecular formula is C19H19ClFN5O4. The van der Waals surface area contributed by atoms with Gasteiger partial charge in [-0.15, -0.1) is 5.10 Å². The summed E-state index contributed by atoms with van der Waals surface area (Å²) in [5.74, 6) is -0.682. The summed E-state index contributed by atoms with van der Waals surface area (Å²) >= 11 is 5.74. The highest BCUT2D eigenvalue weighted by Crippen LogP contribution is 2.28. The first kappa shape index (κ1) is 20.4. The average Bonchev–Trinajstić information content (AvgIpc) is 3.22. The van der Waals surface area contributed by atoms with Gasteiger partial charge in [0.05, 0.1) is 41.5 Å². The maximum Gasteiger partial charge on any atom is 0.414 e. The Bertz CT molecular complexity index is 1050. The van der Waals surface area contributed by atoms with Crippen LogP contribution in [0.2, 0.25) is 5.02 Å². The minimum atomic E-state index is -0.618. The van der Waals surface area contributed by atoms with Crippen LogP contribution in [0.15, 0.2) is 22.7 Å². The Labute approximate surface area is 175 Å². The molecule has 1 aliphatic rings. The molecule has 30 heavy (non-hydrogen) atoms. The summed E-state index contributed by atoms with van der Waals surface area (Å²) in [6, 6.07) is 2.30. The van der Waals surface area contributed by atoms with Crippen molar-refractivity contribution in [2.24, 2.45) is 0 Å². The third-order valence-corrected chi connectivity index (χ3v) is 4.84. The second-order valence-electron chi connectivity index (χ2n) is 6.83. The van der Waals surface area contributed by atoms with Crippen molar-refractivity contribution in [3.63, 3.8) is 0 Å². The second-order valence-corrected chi connectivity index (χ2v) is 7.24. The summed E-state index contributed by atoms with van der Waals surface area (Å²) in [6.07, 6.45) is 3.18. The molecule has 0 unspecified atom stereocenters. The van der Waals surface area contributed by atoms with Gasteiger partial charge >= 0.3 is 6.08 Å². The summed E-state index contributed by atoms with van der Waals surface area (Å²) in [6.45, 7) is 2.75. The first-order chi connectivity index (χ1) is 14.5. The fraction of sp³-hybridized carbons (Fsp3) is 0.421. The molecular weight excluding hydrogens is 417 g/mol. The molecule has 2 atom stereocenters. The molecule has 9 nitrogen and oxygen atoms in total. The normalized spacial score (nSPS) is 19.0. The van der Waals surface area contributed by atoms with Crippen molar-refractivity contribution >= 4 is 28.5 Å². The number of amides is 1. The highest BCUT2D eigenvalue weighted by atomic mass is 35.5. The molecule has 0 saturated carbocycles. The number of carbonyl (C=O) groups excluding carboxylic acids is 1. The Morgan fingerprint density at radius 3 is 2.97 bits per heavy atom. The molecule has 1 aromatic carbocycles. The van der Waals surface area contributed by atoms with E-state index in [4.69, 9.17) is 25.5 Å². The van der Waals surface area contributed by atoms with Gasteiger partial charge in [0.1, 0.15) is 17.6 Å². The standard InChI is InChI=1S/C19H19ClFN5O4/c1-2-5-28-19-26-25-18(30-19)16-4-3-10(9-29-16)23-17(27)15-8-22-13-6-11(20)12(21)7-14(13)24-15/h6-8,10,16H,2-5,9H2,1H3,(H,23,27)/t10-,16+/m1/s1. The molecule has 1 N–H and O–H groups in total. The highest BCUT2D eigenvalue weighted by molar-refractivity contribution is 6.31. The first-order valence-electron chi connectivity index (χ1n) is 9.54. The molecule has 0 bridgehead atoms. The fourth-order valence-corrected chi connectivity index (χ4v) is 3.19. The van der Waals surface area contributed by atoms with E-state index in [0.29, 0.717) is 30.9 Å². The zero-order valence-corrected chi connectivity index (χ0v) is 16.9. The first-order valence-corrected chi connectivity index (χ1v) is 9.91. The van der Waals surface area contributed by atoms with Crippen molar-refractivity contribution in [2.75, 3.05) is 13.2 Å². The van der Waals surface area contributed by atoms with E-state index in [1.165, 1.54) is 12.3 Å². The van der Waals surface area contributed by atoms with Crippen LogP contribution in [0, 0.1) is 5.82 Å². The third kappa shape index (κ3) is 4.49. The van der Waals surface area contributed by atoms with E-state index in [-0.39, 0.29) is 41.1 Å². The van der Waals surface area contributed by atoms with Crippen LogP contribution in [0.1, 0.15) is 48.7 Å². The Kier molecular flexibility index (Phi) is 6.05. The van der Waals surface area contributed by atoms with Crippen molar-refractivity contribution in [3.8, 4) is 6.08 Å². The quantitative estimate of drug-likeness (QED) is 0.627. The minimum Gasteiger partial charge on any atom is -0.449 e. The Morgan fingerprint density at radius 2 is 2.20 bits per heavy atom. The SMILES string of the molecule is CCCOc1nnc([C@@H]2CC[C@@H](NC(=O)c3cnc4cc(Cl)c(F)cc4n3)CO2)o1. The largest absolute Gasteiger partial charge is 0.449 e. The van der Waals surface area contributed by atoms with Crippen LogP contribution in [-0.4, -0.2) is 45.3 Å². The molecule has 158 valence electrons. The van der Waals surface area contributed by atoms with Gasteiger partial charge in [0, 0.05) is 6.07 Å². The number of hydrogen-bond acceptors (Lipinski definition) is 8. The molecule has 2 aromatic heterocycles. The molecule has 1 amide bonds. The molecule has 0 radical (unpaired) electrons. The maximum atomic E-state index is 13.7. The monoisotopic (exact) mass is 435 g/mol. The number of hydrogen-bond donors (Lipinski definition) is 1. The fourth-order valence-electron chi connectivity index (χ4n) is 3.04. The van der Waals surface area contributed by atoms with Gasteiger partial charge in [0.2, 0.25) is 5.89 Å². The zero-order chi connectivity index (χ0) is 21.1. The Balaban J connectivity index is 1.34. The average molecular weight is 436 g/mol. The Morgan fingerprint density at radius 1 is 1.33 bits per heavy atom. The van der Waals surface area contributed by atoms with Crippen molar-refractivity contribution in [2.45, 2.75) is 38.3 Å². The van der Waals surface area contributed by atoms with Crippen molar-refractivity contribution in [1.29, 1.82) is 0 Å². The number of ether oxygens (including phenoxy) is 2. The van der Waals surface area contributed by atoms with E-state index in [0.717, 1.165) is 12.5 Å².